The number of nitrogens with zero attached hydrogens (tertiary/aromatic N) is 1. The summed E-state index contributed by atoms with van der Waals surface area (Å²) in [7, 11) is -1.88. The Balaban J connectivity index is 3.93. The molecule has 0 amide bonds. The lowest BCUT2D eigenvalue weighted by molar-refractivity contribution is 0.393. The summed E-state index contributed by atoms with van der Waals surface area (Å²) in [5, 5.41) is 0. The van der Waals surface area contributed by atoms with Crippen LogP contribution in [0.4, 0.5) is 0 Å². The summed E-state index contributed by atoms with van der Waals surface area (Å²) in [6.45, 7) is 1.82. The second-order valence-electron chi connectivity index (χ2n) is 1.63. The highest BCUT2D eigenvalue weighted by atomic mass is 31.2. The molecule has 0 bridgehead atoms. The molecule has 0 fully saturated rings. The fourth-order valence-corrected chi connectivity index (χ4v) is 1.34. The molecular formula is C4H10NO3P. The van der Waals surface area contributed by atoms with Gasteiger partial charge in [-0.15, -0.1) is 4.91 Å². The molecule has 0 saturated carbocycles. The van der Waals surface area contributed by atoms with Crippen LogP contribution in [0, 0.1) is 4.91 Å². The molecule has 0 aromatic rings. The molecule has 0 aliphatic heterocycles. The third kappa shape index (κ3) is 2.72. The van der Waals surface area contributed by atoms with Crippen LogP contribution in [0.2, 0.25) is 0 Å². The van der Waals surface area contributed by atoms with E-state index in [2.05, 4.69) is 9.47 Å². The van der Waals surface area contributed by atoms with Crippen molar-refractivity contribution in [1.82, 2.24) is 0 Å². The molecule has 0 radical (unpaired) electrons. The predicted octanol–water partition coefficient (Wildman–Crippen LogP) is 2.00. The molecule has 4 nitrogen and oxygen atoms in total. The van der Waals surface area contributed by atoms with Crippen LogP contribution < -0.4 is 0 Å². The molecule has 0 heterocycles. The van der Waals surface area contributed by atoms with Crippen LogP contribution in [0.1, 0.15) is 13.3 Å². The monoisotopic (exact) mass is 151 g/mol. The van der Waals surface area contributed by atoms with Crippen molar-refractivity contribution in [1.29, 1.82) is 0 Å². The van der Waals surface area contributed by atoms with E-state index in [0.717, 1.165) is 0 Å². The van der Waals surface area contributed by atoms with Gasteiger partial charge in [0.05, 0.1) is 0 Å². The number of rotatable bonds is 4. The van der Waals surface area contributed by atoms with Crippen LogP contribution in [-0.2, 0) is 9.09 Å². The average molecular weight is 151 g/mol. The van der Waals surface area contributed by atoms with Gasteiger partial charge in [0.15, 0.2) is 0 Å². The largest absolute Gasteiger partial charge is 0.352 e. The summed E-state index contributed by atoms with van der Waals surface area (Å²) in [5.41, 5.74) is 0. The van der Waals surface area contributed by atoms with Gasteiger partial charge in [0, 0.05) is 18.2 Å². The lowest BCUT2D eigenvalue weighted by Gasteiger charge is -2.02. The quantitative estimate of drug-likeness (QED) is 0.456. The Morgan fingerprint density at radius 2 is 2.22 bits per heavy atom. The van der Waals surface area contributed by atoms with Gasteiger partial charge in [-0.2, -0.15) is 0 Å². The molecule has 0 aliphatic carbocycles. The van der Waals surface area contributed by atoms with Gasteiger partial charge >= 0.3 is 7.52 Å². The zero-order valence-corrected chi connectivity index (χ0v) is 6.43. The standard InChI is InChI=1S/C4H10NO3P/c1-3-4-9(7,5-6)8-2/h3-4H2,1-2H3. The van der Waals surface area contributed by atoms with Crippen molar-refractivity contribution < 1.29 is 9.09 Å². The van der Waals surface area contributed by atoms with E-state index in [0.29, 0.717) is 6.42 Å². The van der Waals surface area contributed by atoms with Crippen molar-refractivity contribution in [3.05, 3.63) is 4.91 Å². The fraction of sp³-hybridized carbons (Fsp3) is 1.00. The van der Waals surface area contributed by atoms with Crippen LogP contribution >= 0.6 is 7.52 Å². The Bertz CT molecular complexity index is 136. The average Bonchev–Trinajstić information content (AvgIpc) is 1.89. The van der Waals surface area contributed by atoms with E-state index in [1.807, 2.05) is 6.92 Å². The molecule has 0 aliphatic rings. The van der Waals surface area contributed by atoms with Crippen LogP contribution in [0.15, 0.2) is 4.95 Å². The minimum atomic E-state index is -3.11. The van der Waals surface area contributed by atoms with Crippen LogP contribution in [-0.4, -0.2) is 13.3 Å². The highest BCUT2D eigenvalue weighted by molar-refractivity contribution is 7.57. The van der Waals surface area contributed by atoms with Crippen molar-refractivity contribution in [3.63, 3.8) is 0 Å². The molecule has 5 heteroatoms. The minimum Gasteiger partial charge on any atom is -0.314 e. The van der Waals surface area contributed by atoms with Crippen molar-refractivity contribution >= 4 is 7.52 Å². The van der Waals surface area contributed by atoms with Gasteiger partial charge in [0.1, 0.15) is 0 Å². The predicted molar refractivity (Wildman–Crippen MR) is 35.6 cm³/mol. The highest BCUT2D eigenvalue weighted by Gasteiger charge is 2.19. The Kier molecular flexibility index (Phi) is 3.66. The zero-order chi connectivity index (χ0) is 7.33. The molecule has 0 rings (SSSR count). The molecule has 0 saturated heterocycles. The number of hydrogen-bond donors (Lipinski definition) is 0. The smallest absolute Gasteiger partial charge is 0.314 e. The van der Waals surface area contributed by atoms with Gasteiger partial charge in [-0.25, -0.2) is 0 Å². The lowest BCUT2D eigenvalue weighted by Crippen LogP contribution is -1.85. The Morgan fingerprint density at radius 3 is 2.33 bits per heavy atom. The summed E-state index contributed by atoms with van der Waals surface area (Å²) in [6.07, 6.45) is 0.893. The molecule has 0 aromatic carbocycles. The summed E-state index contributed by atoms with van der Waals surface area (Å²) in [5.74, 6) is 0. The Morgan fingerprint density at radius 1 is 1.67 bits per heavy atom. The Labute approximate surface area is 54.1 Å². The van der Waals surface area contributed by atoms with Gasteiger partial charge in [-0.05, 0) is 6.42 Å². The maximum atomic E-state index is 10.8. The van der Waals surface area contributed by atoms with E-state index in [-0.39, 0.29) is 6.16 Å². The minimum absolute atomic E-state index is 0.243. The molecule has 9 heavy (non-hydrogen) atoms. The molecule has 0 N–H and O–H groups in total. The van der Waals surface area contributed by atoms with E-state index >= 15 is 0 Å². The van der Waals surface area contributed by atoms with Gasteiger partial charge in [-0.3, -0.25) is 4.57 Å². The highest BCUT2D eigenvalue weighted by Crippen LogP contribution is 2.47. The normalized spacial score (nSPS) is 16.7. The van der Waals surface area contributed by atoms with E-state index in [1.54, 1.807) is 0 Å². The number of hydrogen-bond acceptors (Lipinski definition) is 3. The molecular weight excluding hydrogens is 141 g/mol. The first kappa shape index (κ1) is 8.79. The van der Waals surface area contributed by atoms with Crippen molar-refractivity contribution in [2.75, 3.05) is 13.3 Å². The number of nitroso groups, excluding NO2 is 1. The maximum Gasteiger partial charge on any atom is 0.352 e. The first-order valence-corrected chi connectivity index (χ1v) is 4.44. The second-order valence-corrected chi connectivity index (χ2v) is 3.88. The van der Waals surface area contributed by atoms with Crippen molar-refractivity contribution in [3.8, 4) is 0 Å². The molecule has 1 atom stereocenters. The van der Waals surface area contributed by atoms with Gasteiger partial charge in [-0.1, -0.05) is 6.92 Å². The first-order valence-electron chi connectivity index (χ1n) is 2.68. The Hall–Kier alpha value is -0.210. The summed E-state index contributed by atoms with van der Waals surface area (Å²) >= 11 is 0. The third-order valence-electron chi connectivity index (χ3n) is 0.916. The molecule has 0 aromatic heterocycles. The van der Waals surface area contributed by atoms with E-state index in [4.69, 9.17) is 0 Å². The second kappa shape index (κ2) is 3.75. The maximum absolute atomic E-state index is 10.8. The van der Waals surface area contributed by atoms with Crippen molar-refractivity contribution in [2.24, 2.45) is 4.95 Å². The van der Waals surface area contributed by atoms with Gasteiger partial charge < -0.3 is 4.52 Å². The third-order valence-corrected chi connectivity index (χ3v) is 2.75. The zero-order valence-electron chi connectivity index (χ0n) is 5.53. The molecule has 54 valence electrons. The summed E-state index contributed by atoms with van der Waals surface area (Å²) < 4.78 is 15.3. The van der Waals surface area contributed by atoms with E-state index < -0.39 is 7.52 Å². The summed E-state index contributed by atoms with van der Waals surface area (Å²) in [4.78, 5) is 12.2. The molecule has 1 unspecified atom stereocenters. The van der Waals surface area contributed by atoms with Gasteiger partial charge in [0.2, 0.25) is 0 Å². The fourth-order valence-electron chi connectivity index (χ4n) is 0.448. The lowest BCUT2D eigenvalue weighted by atomic mass is 10.6. The topological polar surface area (TPSA) is 55.7 Å². The van der Waals surface area contributed by atoms with E-state index in [1.165, 1.54) is 7.11 Å². The summed E-state index contributed by atoms with van der Waals surface area (Å²) in [6, 6.07) is 0. The van der Waals surface area contributed by atoms with Crippen LogP contribution in [0.25, 0.3) is 0 Å². The van der Waals surface area contributed by atoms with Crippen LogP contribution in [0.3, 0.4) is 0 Å². The first-order chi connectivity index (χ1) is 4.18. The van der Waals surface area contributed by atoms with E-state index in [9.17, 15) is 9.47 Å². The molecule has 0 spiro atoms. The van der Waals surface area contributed by atoms with Crippen molar-refractivity contribution in [2.45, 2.75) is 13.3 Å². The van der Waals surface area contributed by atoms with Crippen LogP contribution in [0.5, 0.6) is 0 Å². The SMILES string of the molecule is CCCP(=O)(N=O)OC. The van der Waals surface area contributed by atoms with Gasteiger partial charge in [0.25, 0.3) is 0 Å².